The van der Waals surface area contributed by atoms with Gasteiger partial charge in [0.15, 0.2) is 0 Å². The third-order valence-corrected chi connectivity index (χ3v) is 3.64. The van der Waals surface area contributed by atoms with Crippen LogP contribution in [-0.4, -0.2) is 30.9 Å². The topological polar surface area (TPSA) is 70.2 Å². The van der Waals surface area contributed by atoms with E-state index < -0.39 is 6.04 Å². The van der Waals surface area contributed by atoms with Gasteiger partial charge in [-0.05, 0) is 49.9 Å². The monoisotopic (exact) mass is 289 g/mol. The van der Waals surface area contributed by atoms with Gasteiger partial charge in [0, 0.05) is 24.3 Å². The summed E-state index contributed by atoms with van der Waals surface area (Å²) >= 11 is 0. The van der Waals surface area contributed by atoms with Crippen molar-refractivity contribution in [1.29, 1.82) is 0 Å². The number of piperidine rings is 1. The van der Waals surface area contributed by atoms with E-state index in [1.165, 1.54) is 0 Å². The second kappa shape index (κ2) is 7.11. The number of nitrogens with one attached hydrogen (secondary N) is 3. The average molecular weight is 289 g/mol. The minimum Gasteiger partial charge on any atom is -0.385 e. The Morgan fingerprint density at radius 1 is 1.43 bits per heavy atom. The SMILES string of the molecule is CCCNc1ccc(C(=O)NC2CCCNC2=O)cc1C. The van der Waals surface area contributed by atoms with Crippen molar-refractivity contribution in [2.24, 2.45) is 0 Å². The van der Waals surface area contributed by atoms with Crippen molar-refractivity contribution < 1.29 is 9.59 Å². The maximum absolute atomic E-state index is 12.2. The second-order valence-electron chi connectivity index (χ2n) is 5.42. The highest BCUT2D eigenvalue weighted by molar-refractivity contribution is 5.98. The Hall–Kier alpha value is -2.04. The first kappa shape index (κ1) is 15.4. The largest absolute Gasteiger partial charge is 0.385 e. The third-order valence-electron chi connectivity index (χ3n) is 3.64. The van der Waals surface area contributed by atoms with Crippen LogP contribution in [0.2, 0.25) is 0 Å². The molecule has 0 aliphatic carbocycles. The molecule has 1 atom stereocenters. The molecule has 21 heavy (non-hydrogen) atoms. The molecule has 5 nitrogen and oxygen atoms in total. The van der Waals surface area contributed by atoms with E-state index in [-0.39, 0.29) is 11.8 Å². The number of carbonyl (C=O) groups excluding carboxylic acids is 2. The van der Waals surface area contributed by atoms with Crippen LogP contribution in [0.25, 0.3) is 0 Å². The molecule has 1 aliphatic rings. The van der Waals surface area contributed by atoms with Crippen LogP contribution in [0.5, 0.6) is 0 Å². The number of benzene rings is 1. The van der Waals surface area contributed by atoms with E-state index >= 15 is 0 Å². The summed E-state index contributed by atoms with van der Waals surface area (Å²) in [7, 11) is 0. The first-order chi connectivity index (χ1) is 10.1. The van der Waals surface area contributed by atoms with E-state index in [2.05, 4.69) is 22.9 Å². The van der Waals surface area contributed by atoms with Gasteiger partial charge in [0.2, 0.25) is 5.91 Å². The average Bonchev–Trinajstić information content (AvgIpc) is 2.48. The molecule has 1 aromatic rings. The Morgan fingerprint density at radius 3 is 2.90 bits per heavy atom. The van der Waals surface area contributed by atoms with Gasteiger partial charge >= 0.3 is 0 Å². The molecule has 114 valence electrons. The molecule has 0 radical (unpaired) electrons. The predicted molar refractivity (Wildman–Crippen MR) is 83.5 cm³/mol. The lowest BCUT2D eigenvalue weighted by Crippen LogP contribution is -2.50. The summed E-state index contributed by atoms with van der Waals surface area (Å²) in [4.78, 5) is 23.9. The molecule has 1 aromatic carbocycles. The van der Waals surface area contributed by atoms with Crippen molar-refractivity contribution >= 4 is 17.5 Å². The van der Waals surface area contributed by atoms with Crippen LogP contribution in [0.1, 0.15) is 42.1 Å². The lowest BCUT2D eigenvalue weighted by Gasteiger charge is -2.23. The molecule has 0 bridgehead atoms. The van der Waals surface area contributed by atoms with Gasteiger partial charge in [0.05, 0.1) is 0 Å². The highest BCUT2D eigenvalue weighted by Gasteiger charge is 2.24. The van der Waals surface area contributed by atoms with Gasteiger partial charge in [0.25, 0.3) is 5.91 Å². The zero-order chi connectivity index (χ0) is 15.2. The van der Waals surface area contributed by atoms with E-state index in [1.54, 1.807) is 6.07 Å². The molecule has 1 saturated heterocycles. The fourth-order valence-electron chi connectivity index (χ4n) is 2.41. The molecule has 1 fully saturated rings. The third kappa shape index (κ3) is 3.97. The first-order valence-corrected chi connectivity index (χ1v) is 7.55. The number of anilines is 1. The quantitative estimate of drug-likeness (QED) is 0.774. The highest BCUT2D eigenvalue weighted by Crippen LogP contribution is 2.17. The molecule has 5 heteroatoms. The summed E-state index contributed by atoms with van der Waals surface area (Å²) in [6.45, 7) is 5.69. The summed E-state index contributed by atoms with van der Waals surface area (Å²) in [5, 5.41) is 8.89. The molecule has 3 N–H and O–H groups in total. The first-order valence-electron chi connectivity index (χ1n) is 7.55. The Bertz CT molecular complexity index is 528. The number of hydrogen-bond acceptors (Lipinski definition) is 3. The van der Waals surface area contributed by atoms with Gasteiger partial charge in [-0.25, -0.2) is 0 Å². The molecule has 1 heterocycles. The molecule has 1 aliphatic heterocycles. The van der Waals surface area contributed by atoms with Crippen LogP contribution in [0.3, 0.4) is 0 Å². The summed E-state index contributed by atoms with van der Waals surface area (Å²) in [6.07, 6.45) is 2.65. The van der Waals surface area contributed by atoms with Crippen molar-refractivity contribution in [3.63, 3.8) is 0 Å². The zero-order valence-corrected chi connectivity index (χ0v) is 12.7. The summed E-state index contributed by atoms with van der Waals surface area (Å²) < 4.78 is 0. The van der Waals surface area contributed by atoms with Gasteiger partial charge in [-0.2, -0.15) is 0 Å². The highest BCUT2D eigenvalue weighted by atomic mass is 16.2. The zero-order valence-electron chi connectivity index (χ0n) is 12.7. The molecule has 2 amide bonds. The standard InChI is InChI=1S/C16H23N3O2/c1-3-8-17-13-7-6-12(10-11(13)2)15(20)19-14-5-4-9-18-16(14)21/h6-7,10,14,17H,3-5,8-9H2,1-2H3,(H,18,21)(H,19,20). The van der Waals surface area contributed by atoms with E-state index in [4.69, 9.17) is 0 Å². The number of carbonyl (C=O) groups is 2. The molecular weight excluding hydrogens is 266 g/mol. The van der Waals surface area contributed by atoms with Gasteiger partial charge in [-0.3, -0.25) is 9.59 Å². The minimum absolute atomic E-state index is 0.0902. The number of aryl methyl sites for hydroxylation is 1. The molecule has 0 aromatic heterocycles. The van der Waals surface area contributed by atoms with Crippen molar-refractivity contribution in [3.8, 4) is 0 Å². The maximum Gasteiger partial charge on any atom is 0.251 e. The maximum atomic E-state index is 12.2. The molecule has 1 unspecified atom stereocenters. The Morgan fingerprint density at radius 2 is 2.24 bits per heavy atom. The van der Waals surface area contributed by atoms with Gasteiger partial charge in [0.1, 0.15) is 6.04 Å². The fourth-order valence-corrected chi connectivity index (χ4v) is 2.41. The normalized spacial score (nSPS) is 18.0. The molecule has 0 spiro atoms. The van der Waals surface area contributed by atoms with Crippen molar-refractivity contribution in [2.75, 3.05) is 18.4 Å². The Labute approximate surface area is 125 Å². The number of amides is 2. The molecular formula is C16H23N3O2. The molecule has 2 rings (SSSR count). The summed E-state index contributed by atoms with van der Waals surface area (Å²) in [6, 6.07) is 5.15. The van der Waals surface area contributed by atoms with Crippen LogP contribution >= 0.6 is 0 Å². The van der Waals surface area contributed by atoms with Crippen molar-refractivity contribution in [3.05, 3.63) is 29.3 Å². The van der Waals surface area contributed by atoms with Crippen molar-refractivity contribution in [2.45, 2.75) is 39.2 Å². The van der Waals surface area contributed by atoms with Crippen LogP contribution in [0, 0.1) is 6.92 Å². The predicted octanol–water partition coefficient (Wildman–Crippen LogP) is 1.83. The lowest BCUT2D eigenvalue weighted by molar-refractivity contribution is -0.124. The number of hydrogen-bond donors (Lipinski definition) is 3. The summed E-state index contributed by atoms with van der Waals surface area (Å²) in [5.41, 5.74) is 2.67. The van der Waals surface area contributed by atoms with E-state index in [0.717, 1.165) is 30.6 Å². The van der Waals surface area contributed by atoms with E-state index in [9.17, 15) is 9.59 Å². The number of rotatable bonds is 5. The molecule has 0 saturated carbocycles. The fraction of sp³-hybridized carbons (Fsp3) is 0.500. The van der Waals surface area contributed by atoms with E-state index in [0.29, 0.717) is 18.5 Å². The van der Waals surface area contributed by atoms with Gasteiger partial charge in [-0.1, -0.05) is 6.92 Å². The Balaban J connectivity index is 2.02. The Kier molecular flexibility index (Phi) is 5.20. The minimum atomic E-state index is -0.413. The van der Waals surface area contributed by atoms with Crippen LogP contribution in [-0.2, 0) is 4.79 Å². The van der Waals surface area contributed by atoms with Crippen LogP contribution in [0.4, 0.5) is 5.69 Å². The second-order valence-corrected chi connectivity index (χ2v) is 5.42. The smallest absolute Gasteiger partial charge is 0.251 e. The van der Waals surface area contributed by atoms with Crippen molar-refractivity contribution in [1.82, 2.24) is 10.6 Å². The van der Waals surface area contributed by atoms with Crippen LogP contribution in [0.15, 0.2) is 18.2 Å². The van der Waals surface area contributed by atoms with E-state index in [1.807, 2.05) is 19.1 Å². The lowest BCUT2D eigenvalue weighted by atomic mass is 10.0. The van der Waals surface area contributed by atoms with Gasteiger partial charge in [-0.15, -0.1) is 0 Å². The summed E-state index contributed by atoms with van der Waals surface area (Å²) in [5.74, 6) is -0.283. The van der Waals surface area contributed by atoms with Gasteiger partial charge < -0.3 is 16.0 Å². The van der Waals surface area contributed by atoms with Crippen LogP contribution < -0.4 is 16.0 Å².